The number of carboxylic acids is 1. The third kappa shape index (κ3) is 5.08. The summed E-state index contributed by atoms with van der Waals surface area (Å²) in [4.78, 5) is 11.7. The molecule has 12 nitrogen and oxygen atoms in total. The molecule has 2 aliphatic rings. The van der Waals surface area contributed by atoms with Gasteiger partial charge in [-0.3, -0.25) is 0 Å². The van der Waals surface area contributed by atoms with Gasteiger partial charge in [0, 0.05) is 4.90 Å². The Bertz CT molecular complexity index is 776. The zero-order valence-electron chi connectivity index (χ0n) is 16.6. The quantitative estimate of drug-likeness (QED) is 0.198. The zero-order valence-corrected chi connectivity index (χ0v) is 17.4. The van der Waals surface area contributed by atoms with Gasteiger partial charge in [0.2, 0.25) is 0 Å². The van der Waals surface area contributed by atoms with E-state index in [4.69, 9.17) is 14.2 Å². The first-order valence-corrected chi connectivity index (χ1v) is 10.6. The lowest BCUT2D eigenvalue weighted by atomic mass is 9.97. The van der Waals surface area contributed by atoms with Crippen molar-refractivity contribution >= 4 is 17.7 Å². The second-order valence-electron chi connectivity index (χ2n) is 7.42. The van der Waals surface area contributed by atoms with Gasteiger partial charge in [-0.05, 0) is 12.1 Å². The molecule has 0 unspecified atom stereocenters. The molecule has 2 fully saturated rings. The maximum absolute atomic E-state index is 11.4. The molecule has 2 saturated heterocycles. The van der Waals surface area contributed by atoms with Crippen LogP contribution in [0.2, 0.25) is 0 Å². The number of rotatable bonds is 7. The van der Waals surface area contributed by atoms with Crippen LogP contribution in [0.3, 0.4) is 0 Å². The van der Waals surface area contributed by atoms with Crippen molar-refractivity contribution in [2.45, 2.75) is 65.5 Å². The number of benzene rings is 1. The fourth-order valence-electron chi connectivity index (χ4n) is 3.52. The predicted octanol–water partition coefficient (Wildman–Crippen LogP) is -2.90. The number of aromatic carboxylic acids is 1. The minimum absolute atomic E-state index is 0.0389. The van der Waals surface area contributed by atoms with E-state index in [-0.39, 0.29) is 10.5 Å². The summed E-state index contributed by atoms with van der Waals surface area (Å²) in [5.74, 6) is -1.19. The Morgan fingerprint density at radius 2 is 1.53 bits per heavy atom. The number of hydrogen-bond acceptors (Lipinski definition) is 12. The fraction of sp³-hybridized carbons (Fsp3) is 0.632. The summed E-state index contributed by atoms with van der Waals surface area (Å²) in [5, 5.41) is 79.5. The molecule has 180 valence electrons. The molecule has 2 aliphatic heterocycles. The molecule has 1 aromatic carbocycles. The van der Waals surface area contributed by atoms with Crippen LogP contribution >= 0.6 is 11.8 Å². The van der Waals surface area contributed by atoms with E-state index in [9.17, 15) is 45.6 Å². The van der Waals surface area contributed by atoms with E-state index in [0.29, 0.717) is 0 Å². The second kappa shape index (κ2) is 10.7. The van der Waals surface area contributed by atoms with E-state index in [1.54, 1.807) is 6.07 Å². The Morgan fingerprint density at radius 1 is 0.875 bits per heavy atom. The summed E-state index contributed by atoms with van der Waals surface area (Å²) in [5.41, 5.74) is -1.21. The molecule has 0 bridgehead atoms. The number of hydrogen-bond donors (Lipinski definition) is 8. The van der Waals surface area contributed by atoms with E-state index in [2.05, 4.69) is 0 Å². The highest BCUT2D eigenvalue weighted by atomic mass is 32.2. The molecular formula is C19H26O12S. The van der Waals surface area contributed by atoms with Crippen LogP contribution in [0.25, 0.3) is 0 Å². The molecule has 0 aromatic heterocycles. The minimum atomic E-state index is -1.76. The maximum Gasteiger partial charge on any atom is 0.336 e. The van der Waals surface area contributed by atoms with Crippen LogP contribution in [-0.2, 0) is 14.2 Å². The fourth-order valence-corrected chi connectivity index (χ4v) is 4.71. The zero-order chi connectivity index (χ0) is 23.6. The third-order valence-electron chi connectivity index (χ3n) is 5.32. The van der Waals surface area contributed by atoms with Crippen molar-refractivity contribution in [3.05, 3.63) is 29.8 Å². The van der Waals surface area contributed by atoms with E-state index in [0.717, 1.165) is 11.8 Å². The topological polar surface area (TPSA) is 207 Å². The lowest BCUT2D eigenvalue weighted by Crippen LogP contribution is -2.64. The third-order valence-corrected chi connectivity index (χ3v) is 6.55. The summed E-state index contributed by atoms with van der Waals surface area (Å²) in [6.07, 6.45) is -13.9. The average molecular weight is 478 g/mol. The first kappa shape index (κ1) is 25.3. The van der Waals surface area contributed by atoms with Crippen LogP contribution in [0.4, 0.5) is 0 Å². The number of carboxylic acid groups (broad SMARTS) is 1. The second-order valence-corrected chi connectivity index (χ2v) is 8.56. The molecule has 10 atom stereocenters. The van der Waals surface area contributed by atoms with Crippen LogP contribution in [0.15, 0.2) is 29.2 Å². The molecular weight excluding hydrogens is 452 g/mol. The Balaban J connectivity index is 1.75. The van der Waals surface area contributed by atoms with Crippen molar-refractivity contribution in [2.24, 2.45) is 0 Å². The molecule has 0 spiro atoms. The van der Waals surface area contributed by atoms with E-state index >= 15 is 0 Å². The molecule has 8 N–H and O–H groups in total. The normalized spacial score (nSPS) is 40.2. The van der Waals surface area contributed by atoms with E-state index < -0.39 is 79.7 Å². The maximum atomic E-state index is 11.4. The molecule has 0 aliphatic carbocycles. The van der Waals surface area contributed by atoms with E-state index in [1.165, 1.54) is 18.2 Å². The molecule has 1 aromatic rings. The number of ether oxygens (including phenoxy) is 3. The van der Waals surface area contributed by atoms with Gasteiger partial charge >= 0.3 is 5.97 Å². The highest BCUT2D eigenvalue weighted by Crippen LogP contribution is 2.37. The van der Waals surface area contributed by atoms with Crippen LogP contribution in [-0.4, -0.2) is 121 Å². The minimum Gasteiger partial charge on any atom is -0.478 e. The lowest BCUT2D eigenvalue weighted by molar-refractivity contribution is -0.338. The van der Waals surface area contributed by atoms with Crippen LogP contribution < -0.4 is 0 Å². The van der Waals surface area contributed by atoms with E-state index in [1.807, 2.05) is 0 Å². The van der Waals surface area contributed by atoms with Gasteiger partial charge in [-0.15, -0.1) is 0 Å². The molecule has 0 saturated carbocycles. The van der Waals surface area contributed by atoms with Gasteiger partial charge in [0.25, 0.3) is 0 Å². The molecule has 3 rings (SSSR count). The predicted molar refractivity (Wildman–Crippen MR) is 106 cm³/mol. The van der Waals surface area contributed by atoms with Crippen LogP contribution in [0, 0.1) is 0 Å². The molecule has 32 heavy (non-hydrogen) atoms. The summed E-state index contributed by atoms with van der Waals surface area (Å²) < 4.78 is 16.4. The summed E-state index contributed by atoms with van der Waals surface area (Å²) >= 11 is 0.837. The molecule has 0 radical (unpaired) electrons. The largest absolute Gasteiger partial charge is 0.478 e. The van der Waals surface area contributed by atoms with Crippen LogP contribution in [0.1, 0.15) is 10.4 Å². The lowest BCUT2D eigenvalue weighted by Gasteiger charge is -2.46. The summed E-state index contributed by atoms with van der Waals surface area (Å²) in [6.45, 7) is -1.37. The van der Waals surface area contributed by atoms with Gasteiger partial charge in [0.1, 0.15) is 54.3 Å². The Hall–Kier alpha value is -1.36. The Kier molecular flexibility index (Phi) is 8.46. The average Bonchev–Trinajstić information content (AvgIpc) is 2.78. The van der Waals surface area contributed by atoms with Gasteiger partial charge in [-0.25, -0.2) is 4.79 Å². The summed E-state index contributed by atoms with van der Waals surface area (Å²) in [6, 6.07) is 5.99. The van der Waals surface area contributed by atoms with Crippen LogP contribution in [0.5, 0.6) is 0 Å². The number of aliphatic hydroxyl groups is 7. The van der Waals surface area contributed by atoms with Gasteiger partial charge in [-0.2, -0.15) is 0 Å². The van der Waals surface area contributed by atoms with Crippen molar-refractivity contribution in [2.75, 3.05) is 13.2 Å². The monoisotopic (exact) mass is 478 g/mol. The van der Waals surface area contributed by atoms with Crippen molar-refractivity contribution in [1.29, 1.82) is 0 Å². The van der Waals surface area contributed by atoms with Gasteiger partial charge < -0.3 is 55.1 Å². The van der Waals surface area contributed by atoms with Gasteiger partial charge in [-0.1, -0.05) is 23.9 Å². The molecule has 0 amide bonds. The smallest absolute Gasteiger partial charge is 0.336 e. The SMILES string of the molecule is O=C(O)c1ccccc1S[C@@H]1O[C@H](CO)[C@@H](O[C@H]2O[C@H](CO)[C@@H](O)[C@H](O)[C@H]2O)[C@H](O)[C@H]1O. The first-order chi connectivity index (χ1) is 15.2. The number of thioether (sulfide) groups is 1. The molecule has 13 heteroatoms. The van der Waals surface area contributed by atoms with Gasteiger partial charge in [0.05, 0.1) is 18.8 Å². The summed E-state index contributed by atoms with van der Waals surface area (Å²) in [7, 11) is 0. The van der Waals surface area contributed by atoms with Crippen molar-refractivity contribution in [3.8, 4) is 0 Å². The standard InChI is InChI=1S/C19H26O12S/c20-5-8-11(22)12(23)14(25)18(29-8)31-16-9(6-21)30-19(15(26)13(16)24)32-10-4-2-1-3-7(10)17(27)28/h1-4,8-9,11-16,18-26H,5-6H2,(H,27,28)/t8-,9-,11-,12+,13-,14-,15-,16-,18-,19+/m1/s1. The van der Waals surface area contributed by atoms with Crippen molar-refractivity contribution < 1.29 is 59.9 Å². The molecule has 2 heterocycles. The van der Waals surface area contributed by atoms with Crippen molar-refractivity contribution in [1.82, 2.24) is 0 Å². The Morgan fingerprint density at radius 3 is 2.16 bits per heavy atom. The van der Waals surface area contributed by atoms with Crippen molar-refractivity contribution in [3.63, 3.8) is 0 Å². The van der Waals surface area contributed by atoms with Gasteiger partial charge in [0.15, 0.2) is 6.29 Å². The highest BCUT2D eigenvalue weighted by Gasteiger charge is 2.50. The Labute approximate surface area is 186 Å². The number of carbonyl (C=O) groups is 1. The highest BCUT2D eigenvalue weighted by molar-refractivity contribution is 8.00. The first-order valence-electron chi connectivity index (χ1n) is 9.77. The number of aliphatic hydroxyl groups excluding tert-OH is 7.